The predicted octanol–water partition coefficient (Wildman–Crippen LogP) is 21.7. The van der Waals surface area contributed by atoms with E-state index in [-0.39, 0.29) is 0 Å². The van der Waals surface area contributed by atoms with Gasteiger partial charge in [-0.2, -0.15) is 0 Å². The minimum absolute atomic E-state index is 0.880. The third-order valence-corrected chi connectivity index (χ3v) is 15.2. The zero-order valence-corrected chi connectivity index (χ0v) is 43.3. The van der Waals surface area contributed by atoms with Crippen molar-refractivity contribution >= 4 is 66.8 Å². The summed E-state index contributed by atoms with van der Waals surface area (Å²) in [6, 6.07) is 114. The van der Waals surface area contributed by atoms with Crippen molar-refractivity contribution < 1.29 is 4.42 Å². The number of fused-ring (bicyclic) bond motifs is 4. The molecule has 14 rings (SSSR count). The van der Waals surface area contributed by atoms with Gasteiger partial charge in [0.1, 0.15) is 11.2 Å². The Balaban J connectivity index is 0.924. The van der Waals surface area contributed by atoms with E-state index < -0.39 is 0 Å². The largest absolute Gasteiger partial charge is 0.456 e. The number of anilines is 6. The van der Waals surface area contributed by atoms with Gasteiger partial charge in [-0.15, -0.1) is 0 Å². The van der Waals surface area contributed by atoms with Gasteiger partial charge in [-0.3, -0.25) is 0 Å². The molecule has 1 aromatic heterocycles. The molecule has 0 atom stereocenters. The lowest BCUT2D eigenvalue weighted by Gasteiger charge is -2.31. The Hall–Kier alpha value is -10.5. The van der Waals surface area contributed by atoms with Crippen LogP contribution in [0.15, 0.2) is 320 Å². The van der Waals surface area contributed by atoms with E-state index in [9.17, 15) is 0 Å². The third-order valence-electron chi connectivity index (χ3n) is 15.2. The number of furan rings is 1. The van der Waals surface area contributed by atoms with Gasteiger partial charge in [0.2, 0.25) is 0 Å². The van der Waals surface area contributed by atoms with Crippen LogP contribution in [0.1, 0.15) is 0 Å². The van der Waals surface area contributed by atoms with Gasteiger partial charge in [-0.05, 0) is 134 Å². The molecule has 14 aromatic rings. The van der Waals surface area contributed by atoms with Gasteiger partial charge in [0.05, 0.1) is 17.1 Å². The molecule has 0 fully saturated rings. The lowest BCUT2D eigenvalue weighted by molar-refractivity contribution is 0.669. The zero-order chi connectivity index (χ0) is 52.5. The quantitative estimate of drug-likeness (QED) is 0.122. The van der Waals surface area contributed by atoms with Crippen molar-refractivity contribution in [1.82, 2.24) is 0 Å². The zero-order valence-electron chi connectivity index (χ0n) is 43.3. The van der Waals surface area contributed by atoms with Crippen molar-refractivity contribution in [2.24, 2.45) is 0 Å². The molecule has 0 saturated carbocycles. The van der Waals surface area contributed by atoms with E-state index in [1.165, 1.54) is 27.5 Å². The summed E-state index contributed by atoms with van der Waals surface area (Å²) in [6.07, 6.45) is 0. The van der Waals surface area contributed by atoms with Gasteiger partial charge in [0.15, 0.2) is 0 Å². The van der Waals surface area contributed by atoms with Crippen LogP contribution in [-0.2, 0) is 0 Å². The Kier molecular flexibility index (Phi) is 12.2. The summed E-state index contributed by atoms with van der Waals surface area (Å²) < 4.78 is 6.53. The van der Waals surface area contributed by atoms with Gasteiger partial charge >= 0.3 is 0 Å². The molecule has 0 unspecified atom stereocenters. The maximum Gasteiger partial charge on any atom is 0.136 e. The topological polar surface area (TPSA) is 19.6 Å². The van der Waals surface area contributed by atoms with Crippen LogP contribution in [0, 0.1) is 0 Å². The van der Waals surface area contributed by atoms with Crippen molar-refractivity contribution in [1.29, 1.82) is 0 Å². The second kappa shape index (κ2) is 20.6. The van der Waals surface area contributed by atoms with Crippen LogP contribution >= 0.6 is 0 Å². The molecule has 0 aliphatic carbocycles. The molecule has 0 N–H and O–H groups in total. The Morgan fingerprint density at radius 3 is 1.16 bits per heavy atom. The van der Waals surface area contributed by atoms with E-state index in [1.807, 2.05) is 0 Å². The minimum Gasteiger partial charge on any atom is -0.456 e. The minimum atomic E-state index is 0.880. The molecule has 3 heteroatoms. The fourth-order valence-corrected chi connectivity index (χ4v) is 11.6. The number of para-hydroxylation sites is 3. The van der Waals surface area contributed by atoms with Crippen molar-refractivity contribution in [2.75, 3.05) is 9.80 Å². The van der Waals surface area contributed by atoms with Crippen LogP contribution in [0.2, 0.25) is 0 Å². The number of hydrogen-bond acceptors (Lipinski definition) is 3. The fourth-order valence-electron chi connectivity index (χ4n) is 11.6. The van der Waals surface area contributed by atoms with Crippen molar-refractivity contribution in [3.05, 3.63) is 315 Å². The molecule has 0 amide bonds. The summed E-state index contributed by atoms with van der Waals surface area (Å²) in [4.78, 5) is 4.86. The Bertz CT molecular complexity index is 4490. The number of nitrogens with zero attached hydrogens (tertiary/aromatic N) is 2. The molecule has 0 aliphatic rings. The lowest BCUT2D eigenvalue weighted by atomic mass is 9.94. The molecule has 0 spiro atoms. The number of hydrogen-bond donors (Lipinski definition) is 0. The molecule has 0 aliphatic heterocycles. The molecule has 0 bridgehead atoms. The van der Waals surface area contributed by atoms with Crippen LogP contribution in [0.5, 0.6) is 0 Å². The first-order chi connectivity index (χ1) is 39.2. The number of rotatable bonds is 12. The maximum atomic E-state index is 6.53. The van der Waals surface area contributed by atoms with Gasteiger partial charge < -0.3 is 14.2 Å². The maximum absolute atomic E-state index is 6.53. The third kappa shape index (κ3) is 8.89. The van der Waals surface area contributed by atoms with E-state index in [0.29, 0.717) is 0 Å². The molecule has 1 heterocycles. The van der Waals surface area contributed by atoms with Crippen molar-refractivity contribution in [3.63, 3.8) is 0 Å². The van der Waals surface area contributed by atoms with Gasteiger partial charge in [0, 0.05) is 44.5 Å². The summed E-state index contributed by atoms with van der Waals surface area (Å²) in [7, 11) is 0. The van der Waals surface area contributed by atoms with Crippen LogP contribution in [-0.4, -0.2) is 0 Å². The molecular formula is C76H52N2O. The average Bonchev–Trinajstić information content (AvgIpc) is 4.01. The summed E-state index contributed by atoms with van der Waals surface area (Å²) in [5.74, 6) is 0. The number of benzene rings is 13. The Morgan fingerprint density at radius 1 is 0.215 bits per heavy atom. The first kappa shape index (κ1) is 47.0. The molecule has 0 saturated heterocycles. The van der Waals surface area contributed by atoms with Crippen LogP contribution in [0.3, 0.4) is 0 Å². The van der Waals surface area contributed by atoms with Crippen LogP contribution < -0.4 is 9.80 Å². The van der Waals surface area contributed by atoms with Crippen LogP contribution in [0.25, 0.3) is 99.5 Å². The molecule has 372 valence electrons. The van der Waals surface area contributed by atoms with Crippen molar-refractivity contribution in [2.45, 2.75) is 0 Å². The summed E-state index contributed by atoms with van der Waals surface area (Å²) >= 11 is 0. The van der Waals surface area contributed by atoms with Gasteiger partial charge in [-0.1, -0.05) is 243 Å². The van der Waals surface area contributed by atoms with Crippen molar-refractivity contribution in [3.8, 4) is 66.8 Å². The highest BCUT2D eigenvalue weighted by Crippen LogP contribution is 2.48. The van der Waals surface area contributed by atoms with Crippen LogP contribution in [0.4, 0.5) is 34.1 Å². The molecule has 3 nitrogen and oxygen atoms in total. The fraction of sp³-hybridized carbons (Fsp3) is 0. The standard InChI is InChI=1S/C76H52N2O/c1-4-23-53(24-5-1)64-35-12-13-36-65(64)59-31-20-34-63(49-59)78(72-42-18-15-38-67(72)55-27-8-3-9-28-55)73-43-19-16-39-68(73)60-32-21-33-62(50-60)77(71-41-17-14-37-66(71)54-25-6-2-7-26-54)61-47-45-56(46-48-61)69-40-22-44-74-76(69)70-51-57-29-10-11-30-58(57)52-75(70)79-74/h1-52H. The smallest absolute Gasteiger partial charge is 0.136 e. The highest BCUT2D eigenvalue weighted by molar-refractivity contribution is 6.15. The summed E-state index contributed by atoms with van der Waals surface area (Å²) in [5, 5.41) is 4.60. The molecule has 13 aromatic carbocycles. The first-order valence-electron chi connectivity index (χ1n) is 27.0. The lowest BCUT2D eigenvalue weighted by Crippen LogP contribution is -2.13. The second-order valence-corrected chi connectivity index (χ2v) is 20.0. The predicted molar refractivity (Wildman–Crippen MR) is 333 cm³/mol. The highest BCUT2D eigenvalue weighted by Gasteiger charge is 2.24. The monoisotopic (exact) mass is 1010 g/mol. The second-order valence-electron chi connectivity index (χ2n) is 20.0. The van der Waals surface area contributed by atoms with Gasteiger partial charge in [0.25, 0.3) is 0 Å². The SMILES string of the molecule is c1ccc(-c2ccccc2-c2cccc(N(c3ccccc3-c3ccccc3)c3ccccc3-c3cccc(N(c4ccc(-c5cccc6oc7cc8ccccc8cc7c56)cc4)c4ccccc4-c4ccccc4)c3)c2)cc1. The Morgan fingerprint density at radius 2 is 0.595 bits per heavy atom. The van der Waals surface area contributed by atoms with E-state index in [2.05, 4.69) is 325 Å². The Labute approximate surface area is 460 Å². The van der Waals surface area contributed by atoms with E-state index in [1.54, 1.807) is 0 Å². The molecule has 0 radical (unpaired) electrons. The molecule has 79 heavy (non-hydrogen) atoms. The van der Waals surface area contributed by atoms with E-state index >= 15 is 0 Å². The van der Waals surface area contributed by atoms with E-state index in [4.69, 9.17) is 4.42 Å². The summed E-state index contributed by atoms with van der Waals surface area (Å²) in [5.41, 5.74) is 21.8. The van der Waals surface area contributed by atoms with E-state index in [0.717, 1.165) is 106 Å². The molecular weight excluding hydrogens is 957 g/mol. The average molecular weight is 1010 g/mol. The van der Waals surface area contributed by atoms with Gasteiger partial charge in [-0.25, -0.2) is 0 Å². The summed E-state index contributed by atoms with van der Waals surface area (Å²) in [6.45, 7) is 0. The highest BCUT2D eigenvalue weighted by atomic mass is 16.3. The first-order valence-corrected chi connectivity index (χ1v) is 27.0. The normalized spacial score (nSPS) is 11.3.